The minimum atomic E-state index is -5.01. The van der Waals surface area contributed by atoms with Crippen molar-refractivity contribution in [3.05, 3.63) is 119 Å². The molecule has 0 aliphatic rings. The molecule has 214 valence electrons. The first-order valence-corrected chi connectivity index (χ1v) is 12.9. The number of carbonyl (C=O) groups excluding carboxylic acids is 1. The highest BCUT2D eigenvalue weighted by atomic mass is 19.4. The molecule has 1 heterocycles. The number of hydrogen-bond acceptors (Lipinski definition) is 6. The largest absolute Gasteiger partial charge is 0.484 e. The smallest absolute Gasteiger partial charge is 0.453 e. The second kappa shape index (κ2) is 12.1. The van der Waals surface area contributed by atoms with Crippen LogP contribution in [0, 0.1) is 0 Å². The molecular formula is C32H24F3NO6. The van der Waals surface area contributed by atoms with Crippen LogP contribution in [0.1, 0.15) is 18.2 Å². The summed E-state index contributed by atoms with van der Waals surface area (Å²) < 4.78 is 63.2. The number of carbonyl (C=O) groups is 1. The minimum absolute atomic E-state index is 0.0318. The molecule has 0 unspecified atom stereocenters. The number of benzene rings is 4. The SMILES string of the molecule is CCc1ccc(Oc2c(C(F)(F)F)oc3cc(OCC(=O)Nc4ccc(Oc5ccccc5)cc4)ccc3c2=O)cc1. The standard InChI is InChI=1S/C32H24F3NO6/c1-2-20-8-12-24(13-9-20)41-30-29(38)26-17-16-25(18-27(26)42-31(30)32(33,34)35)39-19-28(37)36-21-10-14-23(15-11-21)40-22-6-4-3-5-7-22/h3-18H,2,19H2,1H3,(H,36,37). The highest BCUT2D eigenvalue weighted by Crippen LogP contribution is 2.38. The van der Waals surface area contributed by atoms with E-state index < -0.39 is 35.6 Å². The number of nitrogens with one attached hydrogen (secondary N) is 1. The van der Waals surface area contributed by atoms with Gasteiger partial charge in [0.15, 0.2) is 6.61 Å². The molecule has 0 atom stereocenters. The third-order valence-corrected chi connectivity index (χ3v) is 6.12. The number of rotatable bonds is 9. The molecule has 1 N–H and O–H groups in total. The van der Waals surface area contributed by atoms with E-state index in [0.717, 1.165) is 18.1 Å². The third-order valence-electron chi connectivity index (χ3n) is 6.12. The predicted octanol–water partition coefficient (Wildman–Crippen LogP) is 7.98. The number of para-hydroxylation sites is 1. The van der Waals surface area contributed by atoms with Gasteiger partial charge in [-0.25, -0.2) is 0 Å². The van der Waals surface area contributed by atoms with Crippen molar-refractivity contribution in [2.75, 3.05) is 11.9 Å². The van der Waals surface area contributed by atoms with Crippen molar-refractivity contribution in [2.24, 2.45) is 0 Å². The van der Waals surface area contributed by atoms with Gasteiger partial charge in [0, 0.05) is 11.8 Å². The summed E-state index contributed by atoms with van der Waals surface area (Å²) in [7, 11) is 0. The summed E-state index contributed by atoms with van der Waals surface area (Å²) in [6, 6.07) is 26.0. The molecule has 0 aliphatic carbocycles. The van der Waals surface area contributed by atoms with Crippen molar-refractivity contribution in [3.63, 3.8) is 0 Å². The van der Waals surface area contributed by atoms with Crippen molar-refractivity contribution in [1.82, 2.24) is 0 Å². The highest BCUT2D eigenvalue weighted by Gasteiger charge is 2.40. The Balaban J connectivity index is 1.28. The monoisotopic (exact) mass is 575 g/mol. The Hall–Kier alpha value is -5.25. The molecule has 10 heteroatoms. The van der Waals surface area contributed by atoms with Crippen molar-refractivity contribution in [2.45, 2.75) is 19.5 Å². The molecule has 0 bridgehead atoms. The fraction of sp³-hybridized carbons (Fsp3) is 0.125. The van der Waals surface area contributed by atoms with E-state index in [1.807, 2.05) is 37.3 Å². The summed E-state index contributed by atoms with van der Waals surface area (Å²) in [6.07, 6.45) is -4.28. The number of fused-ring (bicyclic) bond motifs is 1. The number of ether oxygens (including phenoxy) is 3. The van der Waals surface area contributed by atoms with Gasteiger partial charge in [-0.15, -0.1) is 0 Å². The Morgan fingerprint density at radius 2 is 1.43 bits per heavy atom. The lowest BCUT2D eigenvalue weighted by Gasteiger charge is -2.14. The first-order chi connectivity index (χ1) is 20.2. The van der Waals surface area contributed by atoms with Crippen LogP contribution in [0.15, 0.2) is 106 Å². The molecule has 0 saturated heterocycles. The summed E-state index contributed by atoms with van der Waals surface area (Å²) in [5.74, 6) is -1.71. The van der Waals surface area contributed by atoms with Crippen LogP contribution in [0.4, 0.5) is 18.9 Å². The van der Waals surface area contributed by atoms with E-state index in [9.17, 15) is 22.8 Å². The molecule has 0 spiro atoms. The molecule has 5 rings (SSSR count). The number of halogens is 3. The van der Waals surface area contributed by atoms with Crippen LogP contribution in [0.3, 0.4) is 0 Å². The third kappa shape index (κ3) is 6.72. The minimum Gasteiger partial charge on any atom is -0.484 e. The number of hydrogen-bond donors (Lipinski definition) is 1. The van der Waals surface area contributed by atoms with E-state index in [2.05, 4.69) is 5.32 Å². The number of alkyl halides is 3. The van der Waals surface area contributed by atoms with E-state index in [1.54, 1.807) is 36.4 Å². The lowest BCUT2D eigenvalue weighted by molar-refractivity contribution is -0.154. The highest BCUT2D eigenvalue weighted by molar-refractivity contribution is 5.92. The first-order valence-electron chi connectivity index (χ1n) is 12.9. The van der Waals surface area contributed by atoms with E-state index in [-0.39, 0.29) is 22.5 Å². The Morgan fingerprint density at radius 3 is 2.10 bits per heavy atom. The van der Waals surface area contributed by atoms with Gasteiger partial charge in [0.05, 0.1) is 5.39 Å². The molecule has 1 amide bonds. The van der Waals surface area contributed by atoms with Gasteiger partial charge in [0.1, 0.15) is 28.6 Å². The van der Waals surface area contributed by atoms with Crippen LogP contribution in [-0.4, -0.2) is 12.5 Å². The van der Waals surface area contributed by atoms with Gasteiger partial charge in [-0.1, -0.05) is 37.3 Å². The number of aryl methyl sites for hydroxylation is 1. The normalized spacial score (nSPS) is 11.2. The molecule has 1 aromatic heterocycles. The maximum atomic E-state index is 13.9. The topological polar surface area (TPSA) is 87.0 Å². The van der Waals surface area contributed by atoms with E-state index >= 15 is 0 Å². The lowest BCUT2D eigenvalue weighted by atomic mass is 10.1. The Morgan fingerprint density at radius 1 is 0.810 bits per heavy atom. The summed E-state index contributed by atoms with van der Waals surface area (Å²) in [5.41, 5.74) is 0.0803. The Kier molecular flexibility index (Phi) is 8.14. The summed E-state index contributed by atoms with van der Waals surface area (Å²) in [6.45, 7) is 1.49. The van der Waals surface area contributed by atoms with Crippen molar-refractivity contribution in [1.29, 1.82) is 0 Å². The summed E-state index contributed by atoms with van der Waals surface area (Å²) >= 11 is 0. The molecule has 4 aromatic carbocycles. The van der Waals surface area contributed by atoms with Gasteiger partial charge in [0.2, 0.25) is 11.2 Å². The summed E-state index contributed by atoms with van der Waals surface area (Å²) in [4.78, 5) is 25.4. The molecular weight excluding hydrogens is 551 g/mol. The van der Waals surface area contributed by atoms with E-state index in [0.29, 0.717) is 17.2 Å². The maximum absolute atomic E-state index is 13.9. The molecule has 0 saturated carbocycles. The van der Waals surface area contributed by atoms with Crippen LogP contribution < -0.4 is 25.0 Å². The fourth-order valence-electron chi connectivity index (χ4n) is 4.01. The fourth-order valence-corrected chi connectivity index (χ4v) is 4.01. The Bertz CT molecular complexity index is 1750. The van der Waals surface area contributed by atoms with Crippen LogP contribution in [0.5, 0.6) is 28.7 Å². The molecule has 0 fully saturated rings. The molecule has 7 nitrogen and oxygen atoms in total. The zero-order chi connectivity index (χ0) is 29.7. The van der Waals surface area contributed by atoms with Crippen molar-refractivity contribution < 1.29 is 36.6 Å². The quantitative estimate of drug-likeness (QED) is 0.192. The molecule has 5 aromatic rings. The Labute approximate surface area is 238 Å². The number of amides is 1. The average Bonchev–Trinajstić information content (AvgIpc) is 2.98. The maximum Gasteiger partial charge on any atom is 0.453 e. The predicted molar refractivity (Wildman–Crippen MR) is 150 cm³/mol. The molecule has 0 radical (unpaired) electrons. The lowest BCUT2D eigenvalue weighted by Crippen LogP contribution is -2.20. The zero-order valence-electron chi connectivity index (χ0n) is 22.2. The second-order valence-corrected chi connectivity index (χ2v) is 9.12. The van der Waals surface area contributed by atoms with E-state index in [1.165, 1.54) is 24.3 Å². The van der Waals surface area contributed by atoms with Gasteiger partial charge < -0.3 is 23.9 Å². The van der Waals surface area contributed by atoms with Crippen LogP contribution >= 0.6 is 0 Å². The van der Waals surface area contributed by atoms with Crippen LogP contribution in [-0.2, 0) is 17.4 Å². The van der Waals surface area contributed by atoms with Crippen molar-refractivity contribution >= 4 is 22.6 Å². The van der Waals surface area contributed by atoms with Gasteiger partial charge in [-0.2, -0.15) is 13.2 Å². The van der Waals surface area contributed by atoms with Crippen LogP contribution in [0.2, 0.25) is 0 Å². The van der Waals surface area contributed by atoms with Gasteiger partial charge in [-0.05, 0) is 72.6 Å². The van der Waals surface area contributed by atoms with Gasteiger partial charge >= 0.3 is 6.18 Å². The average molecular weight is 576 g/mol. The van der Waals surface area contributed by atoms with E-state index in [4.69, 9.17) is 18.6 Å². The van der Waals surface area contributed by atoms with Gasteiger partial charge in [0.25, 0.3) is 11.7 Å². The molecule has 42 heavy (non-hydrogen) atoms. The molecule has 0 aliphatic heterocycles. The van der Waals surface area contributed by atoms with Crippen molar-refractivity contribution in [3.8, 4) is 28.7 Å². The van der Waals surface area contributed by atoms with Gasteiger partial charge in [-0.3, -0.25) is 9.59 Å². The zero-order valence-corrected chi connectivity index (χ0v) is 22.2. The second-order valence-electron chi connectivity index (χ2n) is 9.12. The van der Waals surface area contributed by atoms with Crippen LogP contribution in [0.25, 0.3) is 11.0 Å². The number of anilines is 1. The summed E-state index contributed by atoms with van der Waals surface area (Å²) in [5, 5.41) is 2.52. The first kappa shape index (κ1) is 28.3.